The van der Waals surface area contributed by atoms with Gasteiger partial charge in [-0.15, -0.1) is 16.3 Å². The molecule has 5 aromatic carbocycles. The molecule has 0 spiro atoms. The quantitative estimate of drug-likeness (QED) is 0.0918. The molecule has 0 heterocycles. The van der Waals surface area contributed by atoms with Crippen LogP contribution in [0.2, 0.25) is 0 Å². The van der Waals surface area contributed by atoms with E-state index in [9.17, 15) is 0 Å². The van der Waals surface area contributed by atoms with Crippen molar-refractivity contribution in [1.29, 1.82) is 0 Å². The van der Waals surface area contributed by atoms with Gasteiger partial charge in [0.15, 0.2) is 0 Å². The molecule has 240 valence electrons. The second-order valence-electron chi connectivity index (χ2n) is 11.7. The van der Waals surface area contributed by atoms with Gasteiger partial charge in [-0.05, 0) is 71.9 Å². The van der Waals surface area contributed by atoms with Crippen LogP contribution in [0.5, 0.6) is 0 Å². The van der Waals surface area contributed by atoms with Crippen molar-refractivity contribution in [2.45, 2.75) is 80.1 Å². The molecule has 0 atom stereocenters. The summed E-state index contributed by atoms with van der Waals surface area (Å²) in [6, 6.07) is 40.9. The molecule has 0 bridgehead atoms. The van der Waals surface area contributed by atoms with Gasteiger partial charge in [-0.2, -0.15) is 18.2 Å². The Bertz CT molecular complexity index is 1460. The van der Waals surface area contributed by atoms with Crippen LogP contribution in [0, 0.1) is 0 Å². The molecule has 0 N–H and O–H groups in total. The summed E-state index contributed by atoms with van der Waals surface area (Å²) in [6.07, 6.45) is 6.26. The second-order valence-corrected chi connectivity index (χ2v) is 15.5. The Morgan fingerprint density at radius 3 is 1.07 bits per heavy atom. The molecular weight excluding hydrogens is 675 g/mol. The van der Waals surface area contributed by atoms with Gasteiger partial charge in [0, 0.05) is 0 Å². The Hall–Kier alpha value is -1.97. The Kier molecular flexibility index (Phi) is 17.5. The molecule has 0 aliphatic rings. The zero-order valence-electron chi connectivity index (χ0n) is 28.2. The van der Waals surface area contributed by atoms with Crippen molar-refractivity contribution in [3.05, 3.63) is 137 Å². The molecule has 5 aromatic rings. The van der Waals surface area contributed by atoms with E-state index in [1.165, 1.54) is 65.3 Å². The Morgan fingerprint density at radius 1 is 0.435 bits per heavy atom. The number of halogens is 3. The molecule has 0 nitrogen and oxygen atoms in total. The molecule has 0 saturated heterocycles. The minimum Gasteiger partial charge on any atom is -1.00 e. The van der Waals surface area contributed by atoms with Crippen molar-refractivity contribution >= 4 is 28.8 Å². The van der Waals surface area contributed by atoms with E-state index in [-0.39, 0.29) is 58.9 Å². The first-order chi connectivity index (χ1) is 20.5. The van der Waals surface area contributed by atoms with Crippen LogP contribution in [0.15, 0.2) is 103 Å². The van der Waals surface area contributed by atoms with Gasteiger partial charge in [-0.25, -0.2) is 0 Å². The fourth-order valence-corrected chi connectivity index (χ4v) is 12.1. The summed E-state index contributed by atoms with van der Waals surface area (Å²) in [7, 11) is -2.76. The zero-order chi connectivity index (χ0) is 29.7. The van der Waals surface area contributed by atoms with Crippen molar-refractivity contribution in [3.8, 4) is 11.1 Å². The van der Waals surface area contributed by atoms with Crippen molar-refractivity contribution in [3.63, 3.8) is 0 Å². The van der Waals surface area contributed by atoms with E-state index in [4.69, 9.17) is 0 Å². The summed E-state index contributed by atoms with van der Waals surface area (Å²) in [5.74, 6) is 0. The van der Waals surface area contributed by atoms with Crippen molar-refractivity contribution in [2.75, 3.05) is 0 Å². The molecule has 0 aliphatic heterocycles. The molecule has 0 fully saturated rings. The molecule has 5 rings (SSSR count). The molecule has 0 aromatic heterocycles. The molecule has 0 saturated carbocycles. The average molecular weight is 722 g/mol. The number of hydrogen-bond acceptors (Lipinski definition) is 0. The van der Waals surface area contributed by atoms with Crippen LogP contribution in [0.4, 0.5) is 0 Å². The predicted octanol–water partition coefficient (Wildman–Crippen LogP) is -1.17. The first-order valence-corrected chi connectivity index (χ1v) is 18.2. The zero-order valence-corrected chi connectivity index (χ0v) is 33.0. The van der Waals surface area contributed by atoms with Crippen molar-refractivity contribution < 1.29 is 58.9 Å². The maximum Gasteiger partial charge on any atom is 4.00 e. The van der Waals surface area contributed by atoms with E-state index in [1.807, 2.05) is 0 Å². The fraction of sp³-hybridized carbons (Fsp3) is 0.293. The van der Waals surface area contributed by atoms with Gasteiger partial charge in [0.05, 0.1) is 0 Å². The molecule has 5 heteroatoms. The van der Waals surface area contributed by atoms with Gasteiger partial charge < -0.3 is 37.2 Å². The molecule has 0 aliphatic carbocycles. The third kappa shape index (κ3) is 8.35. The van der Waals surface area contributed by atoms with E-state index < -0.39 is 8.07 Å². The molecule has 46 heavy (non-hydrogen) atoms. The standard InChI is InChI=1S/C41H47Si.3ClH.Ti/c1-7-30-21-31(8-2)25-37(24-30)42(38-26-32(9-3)22-33(10-4)27-38,39-28-34(11-5)23-35(12-6)29-39)41-20-16-19-40(41)36-17-14-13-15-18-36;;;;/h13-29H,7-12H2,1-6H3;3*1H;/q-1;;;;+4/p-3. The van der Waals surface area contributed by atoms with Crippen LogP contribution in [-0.4, -0.2) is 8.07 Å². The third-order valence-corrected chi connectivity index (χ3v) is 13.9. The first kappa shape index (κ1) is 42.1. The smallest absolute Gasteiger partial charge is 1.00 e. The van der Waals surface area contributed by atoms with Gasteiger partial charge in [-0.1, -0.05) is 142 Å². The maximum absolute atomic E-state index is 2.76. The van der Waals surface area contributed by atoms with Crippen LogP contribution in [0.25, 0.3) is 11.1 Å². The Balaban J connectivity index is 0.00000264. The van der Waals surface area contributed by atoms with Gasteiger partial charge >= 0.3 is 21.7 Å². The van der Waals surface area contributed by atoms with Crippen LogP contribution in [0.1, 0.15) is 74.9 Å². The maximum atomic E-state index is 2.57. The summed E-state index contributed by atoms with van der Waals surface area (Å²) < 4.78 is 0. The van der Waals surface area contributed by atoms with Crippen molar-refractivity contribution in [1.82, 2.24) is 0 Å². The summed E-state index contributed by atoms with van der Waals surface area (Å²) in [5.41, 5.74) is 11.3. The van der Waals surface area contributed by atoms with E-state index in [0.29, 0.717) is 0 Å². The van der Waals surface area contributed by atoms with E-state index in [1.54, 1.807) is 0 Å². The normalized spacial score (nSPS) is 10.7. The van der Waals surface area contributed by atoms with E-state index >= 15 is 0 Å². The average Bonchev–Trinajstić information content (AvgIpc) is 3.55. The van der Waals surface area contributed by atoms with Gasteiger partial charge in [-0.3, -0.25) is 0 Å². The minimum absolute atomic E-state index is 0. The molecular formula is C41H47Cl3SiTi. The topological polar surface area (TPSA) is 0 Å². The van der Waals surface area contributed by atoms with Crippen LogP contribution in [0.3, 0.4) is 0 Å². The summed E-state index contributed by atoms with van der Waals surface area (Å²) in [4.78, 5) is 0. The van der Waals surface area contributed by atoms with Gasteiger partial charge in [0.2, 0.25) is 0 Å². The van der Waals surface area contributed by atoms with Crippen molar-refractivity contribution in [2.24, 2.45) is 0 Å². The third-order valence-electron chi connectivity index (χ3n) is 9.21. The second kappa shape index (κ2) is 19.1. The van der Waals surface area contributed by atoms with E-state index in [0.717, 1.165) is 38.5 Å². The predicted molar refractivity (Wildman–Crippen MR) is 187 cm³/mol. The number of rotatable bonds is 11. The molecule has 0 radical (unpaired) electrons. The van der Waals surface area contributed by atoms with Gasteiger partial charge in [0.1, 0.15) is 8.07 Å². The summed E-state index contributed by atoms with van der Waals surface area (Å²) in [6.45, 7) is 13.8. The van der Waals surface area contributed by atoms with Gasteiger partial charge in [0.25, 0.3) is 0 Å². The minimum atomic E-state index is -2.76. The first-order valence-electron chi connectivity index (χ1n) is 16.2. The van der Waals surface area contributed by atoms with Crippen LogP contribution in [-0.2, 0) is 60.2 Å². The summed E-state index contributed by atoms with van der Waals surface area (Å²) >= 11 is 0. The monoisotopic (exact) mass is 720 g/mol. The van der Waals surface area contributed by atoms with Crippen LogP contribution < -0.4 is 58.0 Å². The number of hydrogen-bond donors (Lipinski definition) is 0. The SMILES string of the molecule is CCc1cc(CC)cc([Si](c2cc(CC)cc(CC)c2)(c2cc(CC)cc(CC)c2)[c-]2cccc2-c2ccccc2)c1.[Cl-].[Cl-].[Cl-].[Ti+4]. The largest absolute Gasteiger partial charge is 4.00 e. The fourth-order valence-electron chi connectivity index (χ4n) is 6.75. The molecule has 0 unspecified atom stereocenters. The summed E-state index contributed by atoms with van der Waals surface area (Å²) in [5, 5.41) is 6.07. The number of benzene rings is 4. The van der Waals surface area contributed by atoms with Crippen LogP contribution >= 0.6 is 0 Å². The Morgan fingerprint density at radius 2 is 0.761 bits per heavy atom. The number of aryl methyl sites for hydroxylation is 6. The molecule has 0 amide bonds. The van der Waals surface area contributed by atoms with E-state index in [2.05, 4.69) is 145 Å². The Labute approximate surface area is 313 Å².